The summed E-state index contributed by atoms with van der Waals surface area (Å²) < 4.78 is 24.3. The minimum atomic E-state index is -0.486. The third-order valence-corrected chi connectivity index (χ3v) is 4.02. The molecule has 6 nitrogen and oxygen atoms in total. The van der Waals surface area contributed by atoms with Crippen LogP contribution in [0.2, 0.25) is 0 Å². The molecule has 0 unspecified atom stereocenters. The molecule has 1 amide bonds. The maximum Gasteiger partial charge on any atom is 0.256 e. The first-order valence-corrected chi connectivity index (χ1v) is 8.10. The Hall–Kier alpha value is -3.74. The summed E-state index contributed by atoms with van der Waals surface area (Å²) in [5, 5.41) is 3.22. The van der Waals surface area contributed by atoms with Gasteiger partial charge in [0, 0.05) is 11.1 Å². The molecule has 4 rings (SSSR count). The molecule has 134 valence electrons. The number of halogens is 1. The van der Waals surface area contributed by atoms with E-state index in [1.807, 2.05) is 24.3 Å². The van der Waals surface area contributed by atoms with Gasteiger partial charge >= 0.3 is 0 Å². The van der Waals surface area contributed by atoms with Crippen LogP contribution in [0, 0.1) is 5.82 Å². The molecule has 7 heteroatoms. The monoisotopic (exact) mass is 363 g/mol. The van der Waals surface area contributed by atoms with Gasteiger partial charge in [0.1, 0.15) is 29.5 Å². The lowest BCUT2D eigenvalue weighted by Gasteiger charge is -2.04. The molecule has 2 heterocycles. The van der Waals surface area contributed by atoms with Crippen LogP contribution in [0.15, 0.2) is 65.3 Å². The zero-order chi connectivity index (χ0) is 18.8. The van der Waals surface area contributed by atoms with Gasteiger partial charge in [-0.3, -0.25) is 4.79 Å². The van der Waals surface area contributed by atoms with E-state index in [2.05, 4.69) is 15.3 Å². The summed E-state index contributed by atoms with van der Waals surface area (Å²) in [5.41, 5.74) is 1.36. The summed E-state index contributed by atoms with van der Waals surface area (Å²) in [5.74, 6) is 0.646. The van der Waals surface area contributed by atoms with Crippen molar-refractivity contribution in [1.82, 2.24) is 9.97 Å². The van der Waals surface area contributed by atoms with E-state index in [4.69, 9.17) is 9.15 Å². The number of hydrogen-bond donors (Lipinski definition) is 1. The fourth-order valence-corrected chi connectivity index (χ4v) is 2.66. The van der Waals surface area contributed by atoms with Crippen LogP contribution in [0.1, 0.15) is 10.4 Å². The lowest BCUT2D eigenvalue weighted by atomic mass is 10.1. The fourth-order valence-electron chi connectivity index (χ4n) is 2.66. The van der Waals surface area contributed by atoms with Gasteiger partial charge < -0.3 is 14.5 Å². The van der Waals surface area contributed by atoms with Crippen molar-refractivity contribution in [3.8, 4) is 17.1 Å². The molecule has 0 aliphatic heterocycles. The maximum atomic E-state index is 13.3. The van der Waals surface area contributed by atoms with Gasteiger partial charge in [-0.25, -0.2) is 14.4 Å². The van der Waals surface area contributed by atoms with E-state index in [0.717, 1.165) is 17.4 Å². The van der Waals surface area contributed by atoms with Gasteiger partial charge in [-0.2, -0.15) is 0 Å². The maximum absolute atomic E-state index is 13.3. The standard InChI is InChI=1S/C20H14FN3O3/c1-26-15-7-5-12(6-8-15)17-10-16-18(22-11-23-20(16)27-17)24-19(25)13-3-2-4-14(21)9-13/h2-11H,1H3,(H,22,23,24,25). The third-order valence-electron chi connectivity index (χ3n) is 4.02. The van der Waals surface area contributed by atoms with Crippen molar-refractivity contribution in [2.24, 2.45) is 0 Å². The average Bonchev–Trinajstić information content (AvgIpc) is 3.13. The molecule has 1 N–H and O–H groups in total. The number of carbonyl (C=O) groups excluding carboxylic acids is 1. The number of ether oxygens (including phenoxy) is 1. The Morgan fingerprint density at radius 1 is 1.11 bits per heavy atom. The summed E-state index contributed by atoms with van der Waals surface area (Å²) in [6, 6.07) is 14.5. The van der Waals surface area contributed by atoms with Crippen LogP contribution in [0.3, 0.4) is 0 Å². The first kappa shape index (κ1) is 16.7. The zero-order valence-electron chi connectivity index (χ0n) is 14.3. The number of methoxy groups -OCH3 is 1. The highest BCUT2D eigenvalue weighted by Crippen LogP contribution is 2.31. The van der Waals surface area contributed by atoms with E-state index >= 15 is 0 Å². The third kappa shape index (κ3) is 3.35. The number of hydrogen-bond acceptors (Lipinski definition) is 5. The molecular formula is C20H14FN3O3. The Bertz CT molecular complexity index is 1120. The predicted molar refractivity (Wildman–Crippen MR) is 98.1 cm³/mol. The van der Waals surface area contributed by atoms with Crippen molar-refractivity contribution in [2.45, 2.75) is 0 Å². The first-order valence-electron chi connectivity index (χ1n) is 8.10. The fraction of sp³-hybridized carbons (Fsp3) is 0.0500. The molecule has 0 atom stereocenters. The van der Waals surface area contributed by atoms with Crippen molar-refractivity contribution in [3.05, 3.63) is 72.3 Å². The Labute approximate surface area is 153 Å². The minimum absolute atomic E-state index is 0.195. The number of rotatable bonds is 4. The topological polar surface area (TPSA) is 77.2 Å². The SMILES string of the molecule is COc1ccc(-c2cc3c(NC(=O)c4cccc(F)c4)ncnc3o2)cc1. The highest BCUT2D eigenvalue weighted by Gasteiger charge is 2.15. The van der Waals surface area contributed by atoms with E-state index < -0.39 is 11.7 Å². The van der Waals surface area contributed by atoms with Gasteiger partial charge in [0.15, 0.2) is 0 Å². The molecule has 0 bridgehead atoms. The second kappa shape index (κ2) is 6.87. The molecule has 2 aromatic carbocycles. The number of anilines is 1. The van der Waals surface area contributed by atoms with Gasteiger partial charge in [0.2, 0.25) is 5.71 Å². The number of amides is 1. The van der Waals surface area contributed by atoms with E-state index in [9.17, 15) is 9.18 Å². The largest absolute Gasteiger partial charge is 0.497 e. The molecule has 0 aliphatic rings. The Morgan fingerprint density at radius 2 is 1.93 bits per heavy atom. The van der Waals surface area contributed by atoms with E-state index in [-0.39, 0.29) is 11.4 Å². The van der Waals surface area contributed by atoms with Crippen molar-refractivity contribution in [3.63, 3.8) is 0 Å². The number of benzene rings is 2. The second-order valence-electron chi connectivity index (χ2n) is 5.74. The predicted octanol–water partition coefficient (Wildman–Crippen LogP) is 4.29. The van der Waals surface area contributed by atoms with Crippen LogP contribution in [0.5, 0.6) is 5.75 Å². The number of carbonyl (C=O) groups is 1. The number of aromatic nitrogens is 2. The van der Waals surface area contributed by atoms with Gasteiger partial charge in [0.25, 0.3) is 5.91 Å². The van der Waals surface area contributed by atoms with Crippen LogP contribution >= 0.6 is 0 Å². The summed E-state index contributed by atoms with van der Waals surface area (Å²) in [7, 11) is 1.60. The van der Waals surface area contributed by atoms with Gasteiger partial charge in [-0.1, -0.05) is 6.07 Å². The van der Waals surface area contributed by atoms with Crippen molar-refractivity contribution >= 4 is 22.8 Å². The number of nitrogens with zero attached hydrogens (tertiary/aromatic N) is 2. The van der Waals surface area contributed by atoms with Crippen LogP contribution in [-0.2, 0) is 0 Å². The quantitative estimate of drug-likeness (QED) is 0.585. The molecule has 0 spiro atoms. The normalized spacial score (nSPS) is 10.7. The molecule has 2 aromatic heterocycles. The minimum Gasteiger partial charge on any atom is -0.497 e. The molecule has 27 heavy (non-hydrogen) atoms. The van der Waals surface area contributed by atoms with Crippen LogP contribution < -0.4 is 10.1 Å². The Balaban J connectivity index is 1.67. The van der Waals surface area contributed by atoms with Crippen molar-refractivity contribution in [1.29, 1.82) is 0 Å². The van der Waals surface area contributed by atoms with Crippen LogP contribution in [0.4, 0.5) is 10.2 Å². The Morgan fingerprint density at radius 3 is 2.67 bits per heavy atom. The van der Waals surface area contributed by atoms with Gasteiger partial charge in [-0.15, -0.1) is 0 Å². The number of furan rings is 1. The van der Waals surface area contributed by atoms with Crippen molar-refractivity contribution in [2.75, 3.05) is 12.4 Å². The number of fused-ring (bicyclic) bond motifs is 1. The molecule has 0 aliphatic carbocycles. The molecular weight excluding hydrogens is 349 g/mol. The summed E-state index contributed by atoms with van der Waals surface area (Å²) in [6.45, 7) is 0. The van der Waals surface area contributed by atoms with E-state index in [1.165, 1.54) is 24.5 Å². The smallest absolute Gasteiger partial charge is 0.256 e. The molecule has 0 radical (unpaired) electrons. The molecule has 0 saturated heterocycles. The molecule has 0 fully saturated rings. The highest BCUT2D eigenvalue weighted by molar-refractivity contribution is 6.07. The van der Waals surface area contributed by atoms with Crippen LogP contribution in [-0.4, -0.2) is 23.0 Å². The molecule has 4 aromatic rings. The first-order chi connectivity index (χ1) is 13.1. The van der Waals surface area contributed by atoms with Gasteiger partial charge in [-0.05, 0) is 48.5 Å². The Kier molecular flexibility index (Phi) is 4.25. The summed E-state index contributed by atoms with van der Waals surface area (Å²) in [6.07, 6.45) is 1.30. The lowest BCUT2D eigenvalue weighted by molar-refractivity contribution is 0.102. The average molecular weight is 363 g/mol. The molecule has 0 saturated carbocycles. The summed E-state index contributed by atoms with van der Waals surface area (Å²) >= 11 is 0. The number of nitrogens with one attached hydrogen (secondary N) is 1. The summed E-state index contributed by atoms with van der Waals surface area (Å²) in [4.78, 5) is 20.6. The van der Waals surface area contributed by atoms with Crippen molar-refractivity contribution < 1.29 is 18.3 Å². The van der Waals surface area contributed by atoms with E-state index in [1.54, 1.807) is 13.2 Å². The van der Waals surface area contributed by atoms with Crippen LogP contribution in [0.25, 0.3) is 22.4 Å². The van der Waals surface area contributed by atoms with E-state index in [0.29, 0.717) is 16.9 Å². The lowest BCUT2D eigenvalue weighted by Crippen LogP contribution is -2.13. The second-order valence-corrected chi connectivity index (χ2v) is 5.74. The highest BCUT2D eigenvalue weighted by atomic mass is 19.1. The zero-order valence-corrected chi connectivity index (χ0v) is 14.3. The van der Waals surface area contributed by atoms with Gasteiger partial charge in [0.05, 0.1) is 12.5 Å².